The van der Waals surface area contributed by atoms with Gasteiger partial charge in [0.15, 0.2) is 5.78 Å². The van der Waals surface area contributed by atoms with Crippen molar-refractivity contribution in [1.82, 2.24) is 0 Å². The highest BCUT2D eigenvalue weighted by atomic mass is 79.9. The van der Waals surface area contributed by atoms with Crippen molar-refractivity contribution in [2.45, 2.75) is 19.8 Å². The molecule has 0 bridgehead atoms. The van der Waals surface area contributed by atoms with Gasteiger partial charge in [-0.2, -0.15) is 0 Å². The first kappa shape index (κ1) is 13.9. The lowest BCUT2D eigenvalue weighted by molar-refractivity contribution is -0.137. The molecule has 0 aliphatic rings. The minimum absolute atomic E-state index is 0.00912. The fourth-order valence-electron chi connectivity index (χ4n) is 1.27. The quantitative estimate of drug-likeness (QED) is 0.799. The van der Waals surface area contributed by atoms with Gasteiger partial charge in [0.1, 0.15) is 0 Å². The van der Waals surface area contributed by atoms with E-state index in [4.69, 9.17) is 5.11 Å². The Morgan fingerprint density at radius 3 is 2.50 bits per heavy atom. The maximum absolute atomic E-state index is 11.8. The normalized spacial score (nSPS) is 12.4. The first-order valence-corrected chi connectivity index (χ1v) is 7.00. The number of Topliss-reactive ketones (excluding diaryl/α,β-unsaturated/α-hetero) is 1. The second-order valence-electron chi connectivity index (χ2n) is 3.56. The van der Waals surface area contributed by atoms with Gasteiger partial charge < -0.3 is 5.11 Å². The Balaban J connectivity index is 2.62. The van der Waals surface area contributed by atoms with Crippen LogP contribution in [-0.4, -0.2) is 16.9 Å². The van der Waals surface area contributed by atoms with Gasteiger partial charge in [0, 0.05) is 17.3 Å². The summed E-state index contributed by atoms with van der Waals surface area (Å²) in [6, 6.07) is 1.75. The van der Waals surface area contributed by atoms with Crippen LogP contribution in [-0.2, 0) is 4.79 Å². The zero-order valence-electron chi connectivity index (χ0n) is 8.50. The number of hydrogen-bond donors (Lipinski definition) is 1. The molecule has 0 aromatic carbocycles. The third-order valence-electron chi connectivity index (χ3n) is 1.98. The monoisotopic (exact) mass is 368 g/mol. The summed E-state index contributed by atoms with van der Waals surface area (Å²) in [4.78, 5) is 22.9. The summed E-state index contributed by atoms with van der Waals surface area (Å²) in [7, 11) is 0. The summed E-state index contributed by atoms with van der Waals surface area (Å²) in [5.41, 5.74) is 0. The van der Waals surface area contributed by atoms with Crippen LogP contribution in [0.3, 0.4) is 0 Å². The molecule has 1 unspecified atom stereocenters. The van der Waals surface area contributed by atoms with Gasteiger partial charge in [-0.25, -0.2) is 0 Å². The molecule has 0 amide bonds. The predicted molar refractivity (Wildman–Crippen MR) is 70.1 cm³/mol. The minimum Gasteiger partial charge on any atom is -0.481 e. The predicted octanol–water partition coefficient (Wildman–Crippen LogP) is 3.96. The number of rotatable bonds is 5. The highest BCUT2D eigenvalue weighted by molar-refractivity contribution is 9.13. The van der Waals surface area contributed by atoms with E-state index in [1.165, 1.54) is 11.3 Å². The number of thiophene rings is 1. The third-order valence-corrected chi connectivity index (χ3v) is 5.27. The van der Waals surface area contributed by atoms with Gasteiger partial charge in [-0.05, 0) is 43.8 Å². The molecule has 0 aliphatic carbocycles. The maximum Gasteiger partial charge on any atom is 0.303 e. The van der Waals surface area contributed by atoms with Crippen LogP contribution in [0.5, 0.6) is 0 Å². The number of carbonyl (C=O) groups is 2. The lowest BCUT2D eigenvalue weighted by Gasteiger charge is -2.05. The molecule has 3 nitrogen and oxygen atoms in total. The molecule has 0 fully saturated rings. The second kappa shape index (κ2) is 5.93. The van der Waals surface area contributed by atoms with Gasteiger partial charge in [-0.3, -0.25) is 9.59 Å². The molecular weight excluding hydrogens is 360 g/mol. The summed E-state index contributed by atoms with van der Waals surface area (Å²) in [5, 5.41) is 8.59. The van der Waals surface area contributed by atoms with Gasteiger partial charge in [0.2, 0.25) is 0 Å². The van der Waals surface area contributed by atoms with Crippen LogP contribution < -0.4 is 0 Å². The Kier molecular flexibility index (Phi) is 5.14. The van der Waals surface area contributed by atoms with Crippen LogP contribution in [0.25, 0.3) is 0 Å². The Morgan fingerprint density at radius 1 is 1.44 bits per heavy atom. The van der Waals surface area contributed by atoms with E-state index in [0.29, 0.717) is 4.88 Å². The van der Waals surface area contributed by atoms with E-state index in [9.17, 15) is 9.59 Å². The Morgan fingerprint density at radius 2 is 2.06 bits per heavy atom. The van der Waals surface area contributed by atoms with Crippen LogP contribution in [0, 0.1) is 5.92 Å². The molecule has 1 rings (SSSR count). The number of ketones is 1. The number of carbonyl (C=O) groups excluding carboxylic acids is 1. The van der Waals surface area contributed by atoms with Crippen LogP contribution in [0.2, 0.25) is 0 Å². The molecule has 1 N–H and O–H groups in total. The lowest BCUT2D eigenvalue weighted by atomic mass is 10.0. The minimum atomic E-state index is -0.867. The zero-order chi connectivity index (χ0) is 12.3. The summed E-state index contributed by atoms with van der Waals surface area (Å²) >= 11 is 7.98. The van der Waals surface area contributed by atoms with Crippen molar-refractivity contribution < 1.29 is 14.7 Å². The van der Waals surface area contributed by atoms with E-state index in [2.05, 4.69) is 31.9 Å². The molecule has 6 heteroatoms. The molecule has 16 heavy (non-hydrogen) atoms. The number of carboxylic acid groups (broad SMARTS) is 1. The fraction of sp³-hybridized carbons (Fsp3) is 0.400. The Hall–Kier alpha value is -0.200. The van der Waals surface area contributed by atoms with E-state index in [1.54, 1.807) is 13.0 Å². The highest BCUT2D eigenvalue weighted by Crippen LogP contribution is 2.33. The number of hydrogen-bond acceptors (Lipinski definition) is 3. The van der Waals surface area contributed by atoms with Crippen molar-refractivity contribution in [2.24, 2.45) is 5.92 Å². The third kappa shape index (κ3) is 3.99. The number of aliphatic carboxylic acids is 1. The van der Waals surface area contributed by atoms with Gasteiger partial charge in [0.05, 0.1) is 8.66 Å². The average Bonchev–Trinajstić information content (AvgIpc) is 2.45. The van der Waals surface area contributed by atoms with E-state index in [1.807, 2.05) is 0 Å². The lowest BCUT2D eigenvalue weighted by Crippen LogP contribution is -2.09. The molecule has 1 atom stereocenters. The van der Waals surface area contributed by atoms with Crippen molar-refractivity contribution in [2.75, 3.05) is 0 Å². The molecular formula is C10H10Br2O3S. The Bertz CT molecular complexity index is 395. The van der Waals surface area contributed by atoms with E-state index >= 15 is 0 Å². The standard InChI is InChI=1S/C10H10Br2O3S/c1-5(3-9(14)15)2-7(13)8-4-6(11)10(12)16-8/h4-5H,2-3H2,1H3,(H,14,15). The first-order chi connectivity index (χ1) is 7.40. The topological polar surface area (TPSA) is 54.4 Å². The summed E-state index contributed by atoms with van der Waals surface area (Å²) in [6.07, 6.45) is 0.297. The Labute approximate surface area is 114 Å². The zero-order valence-corrected chi connectivity index (χ0v) is 12.5. The molecule has 0 aliphatic heterocycles. The molecule has 88 valence electrons. The van der Waals surface area contributed by atoms with Crippen LogP contribution >= 0.6 is 43.2 Å². The van der Waals surface area contributed by atoms with Crippen LogP contribution in [0.1, 0.15) is 29.4 Å². The molecule has 1 aromatic heterocycles. The van der Waals surface area contributed by atoms with Crippen molar-refractivity contribution in [3.8, 4) is 0 Å². The summed E-state index contributed by atoms with van der Waals surface area (Å²) in [5.74, 6) is -1.01. The van der Waals surface area contributed by atoms with Crippen molar-refractivity contribution in [3.63, 3.8) is 0 Å². The molecule has 1 aromatic rings. The van der Waals surface area contributed by atoms with Gasteiger partial charge in [-0.15, -0.1) is 11.3 Å². The highest BCUT2D eigenvalue weighted by Gasteiger charge is 2.16. The van der Waals surface area contributed by atoms with Crippen molar-refractivity contribution >= 4 is 54.9 Å². The summed E-state index contributed by atoms with van der Waals surface area (Å²) < 4.78 is 1.73. The smallest absolute Gasteiger partial charge is 0.303 e. The molecule has 1 heterocycles. The number of halogens is 2. The largest absolute Gasteiger partial charge is 0.481 e. The molecule has 0 spiro atoms. The van der Waals surface area contributed by atoms with E-state index < -0.39 is 5.97 Å². The van der Waals surface area contributed by atoms with Crippen molar-refractivity contribution in [3.05, 3.63) is 19.2 Å². The second-order valence-corrected chi connectivity index (χ2v) is 6.79. The molecule has 0 saturated carbocycles. The van der Waals surface area contributed by atoms with E-state index in [-0.39, 0.29) is 24.5 Å². The van der Waals surface area contributed by atoms with Gasteiger partial charge >= 0.3 is 5.97 Å². The molecule has 0 radical (unpaired) electrons. The van der Waals surface area contributed by atoms with Crippen LogP contribution in [0.15, 0.2) is 14.3 Å². The molecule has 0 saturated heterocycles. The fourth-order valence-corrected chi connectivity index (χ4v) is 3.26. The van der Waals surface area contributed by atoms with Gasteiger partial charge in [-0.1, -0.05) is 6.92 Å². The van der Waals surface area contributed by atoms with Gasteiger partial charge in [0.25, 0.3) is 0 Å². The first-order valence-electron chi connectivity index (χ1n) is 4.60. The SMILES string of the molecule is CC(CC(=O)O)CC(=O)c1cc(Br)c(Br)s1. The maximum atomic E-state index is 11.8. The number of carboxylic acids is 1. The van der Waals surface area contributed by atoms with E-state index in [0.717, 1.165) is 8.26 Å². The van der Waals surface area contributed by atoms with Crippen molar-refractivity contribution in [1.29, 1.82) is 0 Å². The average molecular weight is 370 g/mol. The van der Waals surface area contributed by atoms with Crippen LogP contribution in [0.4, 0.5) is 0 Å². The summed E-state index contributed by atoms with van der Waals surface area (Å²) in [6.45, 7) is 1.77.